The summed E-state index contributed by atoms with van der Waals surface area (Å²) < 4.78 is 0. The molecule has 6 heteroatoms. The number of nitro groups is 1. The van der Waals surface area contributed by atoms with E-state index in [0.717, 1.165) is 43.4 Å². The van der Waals surface area contributed by atoms with Crippen molar-refractivity contribution in [3.05, 3.63) is 40.6 Å². The third-order valence-electron chi connectivity index (χ3n) is 4.45. The number of nitrogens with zero attached hydrogens (tertiary/aromatic N) is 2. The summed E-state index contributed by atoms with van der Waals surface area (Å²) in [7, 11) is 0. The van der Waals surface area contributed by atoms with Gasteiger partial charge in [-0.2, -0.15) is 0 Å². The van der Waals surface area contributed by atoms with Crippen LogP contribution in [0, 0.1) is 15.5 Å². The van der Waals surface area contributed by atoms with Gasteiger partial charge in [-0.05, 0) is 37.4 Å². The highest BCUT2D eigenvalue weighted by molar-refractivity contribution is 5.95. The lowest BCUT2D eigenvalue weighted by Gasteiger charge is -2.34. The molecule has 1 aromatic carbocycles. The van der Waals surface area contributed by atoms with Crippen LogP contribution in [0.4, 0.5) is 11.4 Å². The van der Waals surface area contributed by atoms with Crippen molar-refractivity contribution in [2.45, 2.75) is 19.8 Å². The first kappa shape index (κ1) is 14.7. The molecule has 1 aliphatic heterocycles. The maximum Gasteiger partial charge on any atom is 0.311 e. The minimum absolute atomic E-state index is 0.0382. The van der Waals surface area contributed by atoms with Crippen molar-refractivity contribution >= 4 is 22.3 Å². The lowest BCUT2D eigenvalue weighted by Crippen LogP contribution is -2.39. The van der Waals surface area contributed by atoms with E-state index >= 15 is 0 Å². The Hall–Kier alpha value is -2.21. The zero-order valence-corrected chi connectivity index (χ0v) is 12.6. The predicted molar refractivity (Wildman–Crippen MR) is 87.1 cm³/mol. The van der Waals surface area contributed by atoms with Gasteiger partial charge in [0.1, 0.15) is 11.9 Å². The second-order valence-corrected chi connectivity index (χ2v) is 6.21. The van der Waals surface area contributed by atoms with Crippen LogP contribution in [0.15, 0.2) is 30.5 Å². The highest BCUT2D eigenvalue weighted by Gasteiger charge is 2.28. The minimum Gasteiger partial charge on any atom is -0.378 e. The zero-order chi connectivity index (χ0) is 15.6. The lowest BCUT2D eigenvalue weighted by molar-refractivity contribution is -0.384. The Labute approximate surface area is 129 Å². The van der Waals surface area contributed by atoms with Crippen LogP contribution in [0.5, 0.6) is 0 Å². The van der Waals surface area contributed by atoms with Gasteiger partial charge in [0.05, 0.1) is 10.4 Å². The van der Waals surface area contributed by atoms with E-state index in [1.165, 1.54) is 6.20 Å². The summed E-state index contributed by atoms with van der Waals surface area (Å²) in [5, 5.41) is 18.8. The van der Waals surface area contributed by atoms with Gasteiger partial charge >= 0.3 is 5.69 Å². The van der Waals surface area contributed by atoms with Gasteiger partial charge in [-0.25, -0.2) is 4.98 Å². The number of rotatable bonds is 4. The molecule has 0 unspecified atom stereocenters. The van der Waals surface area contributed by atoms with Gasteiger partial charge in [0, 0.05) is 11.9 Å². The molecule has 2 N–H and O–H groups in total. The van der Waals surface area contributed by atoms with Crippen molar-refractivity contribution < 1.29 is 4.92 Å². The maximum atomic E-state index is 11.3. The van der Waals surface area contributed by atoms with Crippen LogP contribution in [0.1, 0.15) is 19.8 Å². The SMILES string of the molecule is CC1(CNc2c([N+](=O)[O-])cnc3ccccc23)CCNCC1. The first-order chi connectivity index (χ1) is 10.6. The average Bonchev–Trinajstić information content (AvgIpc) is 2.53. The third-order valence-corrected chi connectivity index (χ3v) is 4.45. The second-order valence-electron chi connectivity index (χ2n) is 6.21. The van der Waals surface area contributed by atoms with Gasteiger partial charge in [0.2, 0.25) is 0 Å². The van der Waals surface area contributed by atoms with E-state index < -0.39 is 0 Å². The lowest BCUT2D eigenvalue weighted by atomic mass is 9.81. The molecule has 3 rings (SSSR count). The Morgan fingerprint density at radius 3 is 2.82 bits per heavy atom. The molecule has 0 atom stereocenters. The molecule has 0 aliphatic carbocycles. The molecule has 22 heavy (non-hydrogen) atoms. The van der Waals surface area contributed by atoms with Crippen LogP contribution < -0.4 is 10.6 Å². The van der Waals surface area contributed by atoms with Crippen LogP contribution in [-0.2, 0) is 0 Å². The number of benzene rings is 1. The summed E-state index contributed by atoms with van der Waals surface area (Å²) in [5.74, 6) is 0. The topological polar surface area (TPSA) is 80.1 Å². The monoisotopic (exact) mass is 300 g/mol. The van der Waals surface area contributed by atoms with E-state index in [4.69, 9.17) is 0 Å². The fourth-order valence-electron chi connectivity index (χ4n) is 2.96. The van der Waals surface area contributed by atoms with Crippen molar-refractivity contribution in [3.8, 4) is 0 Å². The molecule has 2 heterocycles. The van der Waals surface area contributed by atoms with Gasteiger partial charge in [0.15, 0.2) is 0 Å². The van der Waals surface area contributed by atoms with Gasteiger partial charge < -0.3 is 10.6 Å². The molecule has 6 nitrogen and oxygen atoms in total. The van der Waals surface area contributed by atoms with E-state index in [1.54, 1.807) is 0 Å². The largest absolute Gasteiger partial charge is 0.378 e. The van der Waals surface area contributed by atoms with Gasteiger partial charge in [-0.1, -0.05) is 25.1 Å². The molecule has 116 valence electrons. The van der Waals surface area contributed by atoms with Crippen molar-refractivity contribution in [1.29, 1.82) is 0 Å². The van der Waals surface area contributed by atoms with Crippen LogP contribution >= 0.6 is 0 Å². The first-order valence-corrected chi connectivity index (χ1v) is 7.56. The van der Waals surface area contributed by atoms with E-state index in [-0.39, 0.29) is 16.0 Å². The van der Waals surface area contributed by atoms with Crippen LogP contribution in [0.25, 0.3) is 10.9 Å². The summed E-state index contributed by atoms with van der Waals surface area (Å²) in [6.07, 6.45) is 3.48. The highest BCUT2D eigenvalue weighted by atomic mass is 16.6. The number of nitrogens with one attached hydrogen (secondary N) is 2. The van der Waals surface area contributed by atoms with Crippen molar-refractivity contribution in [2.75, 3.05) is 25.0 Å². The van der Waals surface area contributed by atoms with Crippen molar-refractivity contribution in [1.82, 2.24) is 10.3 Å². The number of piperidine rings is 1. The van der Waals surface area contributed by atoms with E-state index in [1.807, 2.05) is 24.3 Å². The number of hydrogen-bond donors (Lipinski definition) is 2. The fourth-order valence-corrected chi connectivity index (χ4v) is 2.96. The Morgan fingerprint density at radius 2 is 2.09 bits per heavy atom. The Bertz CT molecular complexity index is 696. The Kier molecular flexibility index (Phi) is 3.94. The molecular weight excluding hydrogens is 280 g/mol. The summed E-state index contributed by atoms with van der Waals surface area (Å²) in [6, 6.07) is 7.52. The Balaban J connectivity index is 1.94. The number of hydrogen-bond acceptors (Lipinski definition) is 5. The minimum atomic E-state index is -0.369. The average molecular weight is 300 g/mol. The molecule has 1 fully saturated rings. The molecule has 0 spiro atoms. The first-order valence-electron chi connectivity index (χ1n) is 7.56. The van der Waals surface area contributed by atoms with E-state index in [0.29, 0.717) is 5.69 Å². The summed E-state index contributed by atoms with van der Waals surface area (Å²) in [5.41, 5.74) is 1.54. The van der Waals surface area contributed by atoms with Crippen molar-refractivity contribution in [2.24, 2.45) is 5.41 Å². The molecule has 1 saturated heterocycles. The fraction of sp³-hybridized carbons (Fsp3) is 0.438. The molecule has 1 aliphatic rings. The van der Waals surface area contributed by atoms with Gasteiger partial charge in [-0.3, -0.25) is 10.1 Å². The molecule has 2 aromatic rings. The molecule has 1 aromatic heterocycles. The highest BCUT2D eigenvalue weighted by Crippen LogP contribution is 2.34. The normalized spacial score (nSPS) is 17.3. The van der Waals surface area contributed by atoms with Crippen LogP contribution in [0.2, 0.25) is 0 Å². The number of aromatic nitrogens is 1. The molecule has 0 amide bonds. The van der Waals surface area contributed by atoms with Gasteiger partial charge in [0.25, 0.3) is 0 Å². The van der Waals surface area contributed by atoms with Gasteiger partial charge in [-0.15, -0.1) is 0 Å². The predicted octanol–water partition coefficient (Wildman–Crippen LogP) is 2.94. The van der Waals surface area contributed by atoms with Crippen LogP contribution in [-0.4, -0.2) is 29.5 Å². The van der Waals surface area contributed by atoms with E-state index in [9.17, 15) is 10.1 Å². The van der Waals surface area contributed by atoms with E-state index in [2.05, 4.69) is 22.5 Å². The zero-order valence-electron chi connectivity index (χ0n) is 12.6. The van der Waals surface area contributed by atoms with Crippen LogP contribution in [0.3, 0.4) is 0 Å². The second kappa shape index (κ2) is 5.88. The molecule has 0 bridgehead atoms. The number of fused-ring (bicyclic) bond motifs is 1. The summed E-state index contributed by atoms with van der Waals surface area (Å²) in [4.78, 5) is 15.1. The number of pyridine rings is 1. The smallest absolute Gasteiger partial charge is 0.311 e. The molecular formula is C16H20N4O2. The summed E-state index contributed by atoms with van der Waals surface area (Å²) in [6.45, 7) is 4.95. The Morgan fingerprint density at radius 1 is 1.36 bits per heavy atom. The quantitative estimate of drug-likeness (QED) is 0.670. The molecule has 0 radical (unpaired) electrons. The molecule has 0 saturated carbocycles. The summed E-state index contributed by atoms with van der Waals surface area (Å²) >= 11 is 0. The third kappa shape index (κ3) is 2.87. The maximum absolute atomic E-state index is 11.3. The standard InChI is InChI=1S/C16H20N4O2/c1-16(6-8-17-9-7-16)11-19-15-12-4-2-3-5-13(12)18-10-14(15)20(21)22/h2-5,10,17H,6-9,11H2,1H3,(H,18,19). The number of para-hydroxylation sites is 1. The number of anilines is 1. The van der Waals surface area contributed by atoms with Crippen molar-refractivity contribution in [3.63, 3.8) is 0 Å².